The number of pyridine rings is 1. The fraction of sp³-hybridized carbons (Fsp3) is 0.241. The summed E-state index contributed by atoms with van der Waals surface area (Å²) in [6.07, 6.45) is 8.97. The first-order chi connectivity index (χ1) is 19.9. The molecule has 1 aromatic carbocycles. The van der Waals surface area contributed by atoms with Gasteiger partial charge in [0, 0.05) is 23.9 Å². The molecule has 0 aliphatic rings. The summed E-state index contributed by atoms with van der Waals surface area (Å²) in [6, 6.07) is 5.41. The Morgan fingerprint density at radius 1 is 1.36 bits per heavy atom. The molecule has 3 rings (SSSR count). The van der Waals surface area contributed by atoms with Gasteiger partial charge in [-0.15, -0.1) is 18.7 Å². The summed E-state index contributed by atoms with van der Waals surface area (Å²) in [6.45, 7) is 18.0. The molecule has 1 amide bonds. The number of aliphatic imine (C=N–C) groups is 1. The summed E-state index contributed by atoms with van der Waals surface area (Å²) in [5.41, 5.74) is 0.653. The molecule has 15 heteroatoms. The van der Waals surface area contributed by atoms with Crippen LogP contribution in [-0.4, -0.2) is 68.4 Å². The van der Waals surface area contributed by atoms with Crippen LogP contribution in [0.4, 0.5) is 20.7 Å². The van der Waals surface area contributed by atoms with Gasteiger partial charge in [-0.05, 0) is 38.4 Å². The van der Waals surface area contributed by atoms with Crippen LogP contribution in [0.5, 0.6) is 5.75 Å². The molecule has 11 nitrogen and oxygen atoms in total. The summed E-state index contributed by atoms with van der Waals surface area (Å²) in [5, 5.41) is 20.2. The first kappa shape index (κ1) is 41.0. The number of carbonyl (C=O) groups excluding carboxylic acids is 1. The van der Waals surface area contributed by atoms with E-state index in [9.17, 15) is 9.18 Å². The Balaban J connectivity index is 0.000000993. The number of halogens is 2. The Kier molecular flexibility index (Phi) is 18.7. The fourth-order valence-electron chi connectivity index (χ4n) is 2.97. The molecule has 0 radical (unpaired) electrons. The van der Waals surface area contributed by atoms with Gasteiger partial charge in [0.15, 0.2) is 0 Å². The molecule has 0 unspecified atom stereocenters. The smallest absolute Gasteiger partial charge is 0.577 e. The number of hydrogen-bond acceptors (Lipinski definition) is 8. The Morgan fingerprint density at radius 3 is 2.64 bits per heavy atom. The van der Waals surface area contributed by atoms with Gasteiger partial charge >= 0.3 is 43.8 Å². The van der Waals surface area contributed by atoms with Crippen LogP contribution in [-0.2, 0) is 4.74 Å². The van der Waals surface area contributed by atoms with E-state index in [1.165, 1.54) is 35.5 Å². The van der Waals surface area contributed by atoms with Crippen molar-refractivity contribution in [1.29, 1.82) is 0 Å². The number of carbonyl (C=O) groups is 1. The van der Waals surface area contributed by atoms with Gasteiger partial charge in [-0.3, -0.25) is 11.6 Å². The third-order valence-corrected chi connectivity index (χ3v) is 5.25. The van der Waals surface area contributed by atoms with Gasteiger partial charge in [0.05, 0.1) is 5.69 Å². The number of nitrogens with one attached hydrogen (secondary N) is 1. The Bertz CT molecular complexity index is 1450. The number of anilines is 2. The molecule has 224 valence electrons. The third-order valence-electron chi connectivity index (χ3n) is 4.84. The number of ether oxygens (including phenoxy) is 2. The molecule has 0 saturated heterocycles. The number of benzene rings is 1. The topological polar surface area (TPSA) is 144 Å². The predicted molar refractivity (Wildman–Crippen MR) is 163 cm³/mol. The van der Waals surface area contributed by atoms with Crippen molar-refractivity contribution in [2.24, 2.45) is 4.99 Å². The number of allylic oxidation sites excluding steroid dienone is 2. The standard InChI is InChI=1S/C19H10BrFN6O.C10H19NO3.2Li/c1-2-13(5-6-23-10-22)28-14-3-4-16(15(21)8-14)27-19-18-17(25-11-26-19)7-12(20)9-24-18;1-6-11(8(2)7-12)9(13)14-10(3,4)5;;/h1-5,7-8,10-11H,(H,25,26,27);8,12H,1-2,6-7H2,3-5H3;;/q-4;-2;2*+1/b13-5+;;;/t;8-;;/m.0../s1. The summed E-state index contributed by atoms with van der Waals surface area (Å²) in [4.78, 5) is 28.5. The second-order valence-electron chi connectivity index (χ2n) is 9.14. The second-order valence-corrected chi connectivity index (χ2v) is 9.99. The van der Waals surface area contributed by atoms with Gasteiger partial charge < -0.3 is 54.0 Å². The Morgan fingerprint density at radius 2 is 2.07 bits per heavy atom. The summed E-state index contributed by atoms with van der Waals surface area (Å²) < 4.78 is 25.7. The number of rotatable bonds is 10. The number of aliphatic hydroxyl groups is 1. The zero-order valence-corrected chi connectivity index (χ0v) is 26.8. The van der Waals surface area contributed by atoms with Crippen molar-refractivity contribution in [2.45, 2.75) is 32.4 Å². The molecule has 0 bridgehead atoms. The van der Waals surface area contributed by atoms with E-state index in [1.54, 1.807) is 26.8 Å². The summed E-state index contributed by atoms with van der Waals surface area (Å²) in [7, 11) is 0. The fourth-order valence-corrected chi connectivity index (χ4v) is 3.28. The molecule has 0 fully saturated rings. The Hall–Kier alpha value is -3.04. The number of amides is 1. The average molecular weight is 652 g/mol. The van der Waals surface area contributed by atoms with Gasteiger partial charge in [0.25, 0.3) is 0 Å². The Labute approximate surface area is 289 Å². The molecule has 2 aromatic heterocycles. The minimum atomic E-state index is -0.580. The van der Waals surface area contributed by atoms with Crippen LogP contribution < -0.4 is 47.8 Å². The monoisotopic (exact) mass is 651 g/mol. The SMILES string of the molecule is [CH-]=C/C(=C\[C-]=NC=[N-])Oc1ccc(Nc2ncnc3cc(Br)[c-]nc23)c(F)c1.[CH2-]CN(C(=O)OC(C)(C)C)[C@@H]([CH2-])CO.[Li+].[Li+]. The van der Waals surface area contributed by atoms with Gasteiger partial charge in [0.1, 0.15) is 29.3 Å². The van der Waals surface area contributed by atoms with Gasteiger partial charge in [-0.2, -0.15) is 6.08 Å². The molecule has 0 saturated carbocycles. The second kappa shape index (κ2) is 20.1. The van der Waals surface area contributed by atoms with Gasteiger partial charge in [-0.25, -0.2) is 26.7 Å². The maximum absolute atomic E-state index is 14.5. The van der Waals surface area contributed by atoms with E-state index in [-0.39, 0.29) is 68.1 Å². The van der Waals surface area contributed by atoms with Crippen molar-refractivity contribution in [1.82, 2.24) is 19.9 Å². The van der Waals surface area contributed by atoms with Crippen molar-refractivity contribution < 1.29 is 61.5 Å². The minimum Gasteiger partial charge on any atom is -0.577 e. The zero-order valence-electron chi connectivity index (χ0n) is 25.2. The van der Waals surface area contributed by atoms with E-state index < -0.39 is 23.6 Å². The first-order valence-electron chi connectivity index (χ1n) is 12.2. The van der Waals surface area contributed by atoms with Crippen molar-refractivity contribution in [2.75, 3.05) is 18.5 Å². The van der Waals surface area contributed by atoms with Crippen LogP contribution in [0, 0.1) is 32.4 Å². The van der Waals surface area contributed by atoms with Crippen LogP contribution in [0.25, 0.3) is 16.4 Å². The average Bonchev–Trinajstić information content (AvgIpc) is 2.93. The predicted octanol–water partition coefficient (Wildman–Crippen LogP) is -0.472. The van der Waals surface area contributed by atoms with E-state index in [0.29, 0.717) is 27.7 Å². The maximum atomic E-state index is 14.5. The number of aliphatic hydroxyl groups excluding tert-OH is 1. The van der Waals surface area contributed by atoms with Crippen LogP contribution in [0.3, 0.4) is 0 Å². The normalized spacial score (nSPS) is 11.7. The molecule has 2 N–H and O–H groups in total. The third kappa shape index (κ3) is 13.3. The van der Waals surface area contributed by atoms with Crippen LogP contribution in [0.2, 0.25) is 0 Å². The molecule has 1 atom stereocenters. The summed E-state index contributed by atoms with van der Waals surface area (Å²) >= 11 is 3.28. The number of aromatic nitrogens is 3. The van der Waals surface area contributed by atoms with E-state index in [2.05, 4.69) is 67.4 Å². The number of fused-ring (bicyclic) bond motifs is 1. The van der Waals surface area contributed by atoms with E-state index in [0.717, 1.165) is 6.08 Å². The van der Waals surface area contributed by atoms with Gasteiger partial charge in [0.2, 0.25) is 0 Å². The molecule has 0 aliphatic heterocycles. The molecule has 0 spiro atoms. The largest absolute Gasteiger partial charge is 1.00 e. The quantitative estimate of drug-likeness (QED) is 0.0748. The first-order valence-corrected chi connectivity index (χ1v) is 13.0. The minimum absolute atomic E-state index is 0. The molecule has 2 heterocycles. The number of nitrogens with zero attached hydrogens (tertiary/aromatic N) is 6. The molecule has 0 aliphatic carbocycles. The van der Waals surface area contributed by atoms with Gasteiger partial charge in [-0.1, -0.05) is 32.6 Å². The molecular formula is C29H29BrFLi2N7O4-4. The van der Waals surface area contributed by atoms with E-state index in [4.69, 9.17) is 26.6 Å². The molecular weight excluding hydrogens is 623 g/mol. The van der Waals surface area contributed by atoms with Crippen molar-refractivity contribution in [3.63, 3.8) is 0 Å². The van der Waals surface area contributed by atoms with Crippen LogP contribution >= 0.6 is 15.9 Å². The molecule has 44 heavy (non-hydrogen) atoms. The maximum Gasteiger partial charge on any atom is 1.00 e. The van der Waals surface area contributed by atoms with Crippen molar-refractivity contribution in [3.8, 4) is 5.75 Å². The number of hydrogen-bond donors (Lipinski definition) is 2. The van der Waals surface area contributed by atoms with Crippen molar-refractivity contribution >= 4 is 57.1 Å². The van der Waals surface area contributed by atoms with Crippen LogP contribution in [0.15, 0.2) is 58.0 Å². The van der Waals surface area contributed by atoms with Crippen LogP contribution in [0.1, 0.15) is 20.8 Å². The van der Waals surface area contributed by atoms with E-state index in [1.807, 2.05) is 0 Å². The summed E-state index contributed by atoms with van der Waals surface area (Å²) in [5.74, 6) is 0.123. The zero-order chi connectivity index (χ0) is 31.3. The molecule has 3 aromatic rings. The van der Waals surface area contributed by atoms with E-state index >= 15 is 0 Å². The van der Waals surface area contributed by atoms with Crippen molar-refractivity contribution in [3.05, 3.63) is 90.8 Å².